The molecule has 2 aromatic carbocycles. The van der Waals surface area contributed by atoms with E-state index in [-0.39, 0.29) is 24.8 Å². The largest absolute Gasteiger partial charge is 0.491 e. The molecule has 1 fully saturated rings. The summed E-state index contributed by atoms with van der Waals surface area (Å²) in [5.41, 5.74) is 1.35. The van der Waals surface area contributed by atoms with Crippen LogP contribution in [0.15, 0.2) is 54.6 Å². The van der Waals surface area contributed by atoms with Gasteiger partial charge in [-0.15, -0.1) is 24.8 Å². The van der Waals surface area contributed by atoms with Crippen molar-refractivity contribution >= 4 is 36.4 Å². The van der Waals surface area contributed by atoms with E-state index in [2.05, 4.69) is 40.1 Å². The molecule has 0 aliphatic carbocycles. The van der Waals surface area contributed by atoms with Crippen molar-refractivity contribution in [2.75, 3.05) is 39.3 Å². The maximum Gasteiger partial charge on any atom is 0.119 e. The van der Waals surface area contributed by atoms with Crippen molar-refractivity contribution in [2.24, 2.45) is 0 Å². The minimum atomic E-state index is -0.489. The van der Waals surface area contributed by atoms with Gasteiger partial charge in [-0.2, -0.15) is 0 Å². The standard InChI is InChI=1S/C20H25ClN2O2.2ClH/c21-18-6-8-20(9-7-18)25-16-19(24)15-23-12-10-22(11-13-23)14-17-4-2-1-3-5-17;;/h1-9,19,24H,10-16H2;2*1H. The van der Waals surface area contributed by atoms with Crippen LogP contribution in [-0.4, -0.2) is 60.3 Å². The lowest BCUT2D eigenvalue weighted by atomic mass is 10.2. The van der Waals surface area contributed by atoms with Crippen LogP contribution in [0.5, 0.6) is 5.75 Å². The molecule has 1 N–H and O–H groups in total. The summed E-state index contributed by atoms with van der Waals surface area (Å²) in [4.78, 5) is 4.76. The lowest BCUT2D eigenvalue weighted by Crippen LogP contribution is -2.48. The topological polar surface area (TPSA) is 35.9 Å². The van der Waals surface area contributed by atoms with Gasteiger partial charge in [0.25, 0.3) is 0 Å². The minimum Gasteiger partial charge on any atom is -0.491 e. The summed E-state index contributed by atoms with van der Waals surface area (Å²) in [5.74, 6) is 0.733. The Morgan fingerprint density at radius 1 is 0.889 bits per heavy atom. The van der Waals surface area contributed by atoms with Crippen molar-refractivity contribution in [2.45, 2.75) is 12.6 Å². The maximum atomic E-state index is 10.2. The van der Waals surface area contributed by atoms with Crippen LogP contribution in [0, 0.1) is 0 Å². The van der Waals surface area contributed by atoms with Gasteiger partial charge in [0.1, 0.15) is 18.5 Å². The average molecular weight is 434 g/mol. The lowest BCUT2D eigenvalue weighted by Gasteiger charge is -2.35. The summed E-state index contributed by atoms with van der Waals surface area (Å²) in [7, 11) is 0. The van der Waals surface area contributed by atoms with Gasteiger partial charge in [0.2, 0.25) is 0 Å². The van der Waals surface area contributed by atoms with E-state index >= 15 is 0 Å². The molecule has 27 heavy (non-hydrogen) atoms. The fourth-order valence-corrected chi connectivity index (χ4v) is 3.17. The predicted molar refractivity (Wildman–Crippen MR) is 116 cm³/mol. The molecule has 150 valence electrons. The van der Waals surface area contributed by atoms with Gasteiger partial charge < -0.3 is 9.84 Å². The lowest BCUT2D eigenvalue weighted by molar-refractivity contribution is 0.0446. The van der Waals surface area contributed by atoms with E-state index in [1.54, 1.807) is 12.1 Å². The number of rotatable bonds is 7. The van der Waals surface area contributed by atoms with E-state index in [9.17, 15) is 5.11 Å². The van der Waals surface area contributed by atoms with E-state index < -0.39 is 6.10 Å². The van der Waals surface area contributed by atoms with Crippen LogP contribution in [0.4, 0.5) is 0 Å². The number of piperazine rings is 1. The van der Waals surface area contributed by atoms with Crippen molar-refractivity contribution in [3.05, 3.63) is 65.2 Å². The van der Waals surface area contributed by atoms with Crippen LogP contribution in [0.1, 0.15) is 5.56 Å². The van der Waals surface area contributed by atoms with Gasteiger partial charge >= 0.3 is 0 Å². The summed E-state index contributed by atoms with van der Waals surface area (Å²) < 4.78 is 5.62. The molecule has 1 aliphatic heterocycles. The highest BCUT2D eigenvalue weighted by Crippen LogP contribution is 2.16. The Bertz CT molecular complexity index is 635. The molecular formula is C20H27Cl3N2O2. The molecule has 0 amide bonds. The quantitative estimate of drug-likeness (QED) is 0.721. The smallest absolute Gasteiger partial charge is 0.119 e. The van der Waals surface area contributed by atoms with E-state index in [0.29, 0.717) is 18.2 Å². The first-order chi connectivity index (χ1) is 12.2. The van der Waals surface area contributed by atoms with E-state index in [0.717, 1.165) is 38.5 Å². The van der Waals surface area contributed by atoms with Crippen molar-refractivity contribution < 1.29 is 9.84 Å². The number of aliphatic hydroxyl groups is 1. The molecule has 1 unspecified atom stereocenters. The number of β-amino-alcohol motifs (C(OH)–C–C–N with tert-alkyl or cyclic N) is 1. The molecule has 0 spiro atoms. The Morgan fingerprint density at radius 2 is 1.48 bits per heavy atom. The number of halogens is 3. The fraction of sp³-hybridized carbons (Fsp3) is 0.400. The number of hydrogen-bond acceptors (Lipinski definition) is 4. The highest BCUT2D eigenvalue weighted by Gasteiger charge is 2.19. The molecule has 0 radical (unpaired) electrons. The summed E-state index contributed by atoms with van der Waals surface area (Å²) in [6.07, 6.45) is -0.489. The van der Waals surface area contributed by atoms with Gasteiger partial charge in [-0.1, -0.05) is 41.9 Å². The van der Waals surface area contributed by atoms with Crippen LogP contribution in [0.25, 0.3) is 0 Å². The van der Waals surface area contributed by atoms with E-state index in [4.69, 9.17) is 16.3 Å². The van der Waals surface area contributed by atoms with Gasteiger partial charge in [-0.3, -0.25) is 9.80 Å². The van der Waals surface area contributed by atoms with Crippen molar-refractivity contribution in [3.8, 4) is 5.75 Å². The summed E-state index contributed by atoms with van der Waals surface area (Å²) in [6.45, 7) is 5.95. The Balaban J connectivity index is 0.00000182. The summed E-state index contributed by atoms with van der Waals surface area (Å²) >= 11 is 5.85. The summed E-state index contributed by atoms with van der Waals surface area (Å²) in [6, 6.07) is 17.8. The maximum absolute atomic E-state index is 10.2. The first kappa shape index (κ1) is 24.0. The third kappa shape index (κ3) is 8.26. The second-order valence-electron chi connectivity index (χ2n) is 6.48. The Kier molecular flexibility index (Phi) is 11.1. The molecule has 3 rings (SSSR count). The normalized spacial score (nSPS) is 16.1. The van der Waals surface area contributed by atoms with Crippen molar-refractivity contribution in [1.82, 2.24) is 9.80 Å². The zero-order valence-electron chi connectivity index (χ0n) is 15.2. The first-order valence-corrected chi connectivity index (χ1v) is 9.12. The fourth-order valence-electron chi connectivity index (χ4n) is 3.05. The molecular weight excluding hydrogens is 407 g/mol. The molecule has 1 saturated heterocycles. The number of ether oxygens (including phenoxy) is 1. The van der Waals surface area contributed by atoms with Crippen LogP contribution in [0.2, 0.25) is 5.02 Å². The Hall–Kier alpha value is -1.01. The molecule has 0 bridgehead atoms. The van der Waals surface area contributed by atoms with Crippen LogP contribution in [-0.2, 0) is 6.54 Å². The van der Waals surface area contributed by atoms with Gasteiger partial charge in [0.15, 0.2) is 0 Å². The van der Waals surface area contributed by atoms with Gasteiger partial charge in [-0.05, 0) is 29.8 Å². The minimum absolute atomic E-state index is 0. The zero-order valence-corrected chi connectivity index (χ0v) is 17.6. The molecule has 1 atom stereocenters. The van der Waals surface area contributed by atoms with Crippen LogP contribution < -0.4 is 4.74 Å². The Labute approximate surface area is 178 Å². The third-order valence-corrected chi connectivity index (χ3v) is 4.69. The molecule has 1 heterocycles. The molecule has 0 aromatic heterocycles. The second kappa shape index (κ2) is 12.4. The highest BCUT2D eigenvalue weighted by molar-refractivity contribution is 6.30. The average Bonchev–Trinajstić information content (AvgIpc) is 2.64. The Morgan fingerprint density at radius 3 is 2.11 bits per heavy atom. The molecule has 1 aliphatic rings. The second-order valence-corrected chi connectivity index (χ2v) is 6.92. The monoisotopic (exact) mass is 432 g/mol. The third-order valence-electron chi connectivity index (χ3n) is 4.44. The van der Waals surface area contributed by atoms with Gasteiger partial charge in [0, 0.05) is 44.3 Å². The molecule has 7 heteroatoms. The molecule has 2 aromatic rings. The van der Waals surface area contributed by atoms with Gasteiger partial charge in [0.05, 0.1) is 0 Å². The number of benzene rings is 2. The van der Waals surface area contributed by atoms with E-state index in [1.165, 1.54) is 5.56 Å². The zero-order chi connectivity index (χ0) is 17.5. The molecule has 0 saturated carbocycles. The number of nitrogens with zero attached hydrogens (tertiary/aromatic N) is 2. The van der Waals surface area contributed by atoms with Crippen LogP contribution in [0.3, 0.4) is 0 Å². The predicted octanol–water partition coefficient (Wildman–Crippen LogP) is 3.74. The highest BCUT2D eigenvalue weighted by atomic mass is 35.5. The van der Waals surface area contributed by atoms with Crippen molar-refractivity contribution in [1.29, 1.82) is 0 Å². The van der Waals surface area contributed by atoms with Gasteiger partial charge in [-0.25, -0.2) is 0 Å². The number of aliphatic hydroxyl groups excluding tert-OH is 1. The number of hydrogen-bond donors (Lipinski definition) is 1. The van der Waals surface area contributed by atoms with E-state index in [1.807, 2.05) is 12.1 Å². The molecule has 4 nitrogen and oxygen atoms in total. The summed E-state index contributed by atoms with van der Waals surface area (Å²) in [5, 5.41) is 10.9. The SMILES string of the molecule is Cl.Cl.OC(COc1ccc(Cl)cc1)CN1CCN(Cc2ccccc2)CC1. The first-order valence-electron chi connectivity index (χ1n) is 8.74. The van der Waals surface area contributed by atoms with Crippen molar-refractivity contribution in [3.63, 3.8) is 0 Å². The van der Waals surface area contributed by atoms with Crippen LogP contribution >= 0.6 is 36.4 Å².